The van der Waals surface area contributed by atoms with Crippen molar-refractivity contribution >= 4 is 23.2 Å². The Morgan fingerprint density at radius 3 is 2.21 bits per heavy atom. The molecule has 0 aliphatic carbocycles. The molecular weight excluding hydrogens is 410 g/mol. The Morgan fingerprint density at radius 1 is 0.909 bits per heavy atom. The van der Waals surface area contributed by atoms with Crippen molar-refractivity contribution in [3.05, 3.63) is 83.4 Å². The minimum Gasteiger partial charge on any atom is -0.369 e. The number of hydrogen-bond donors (Lipinski definition) is 1. The topological polar surface area (TPSA) is 52.7 Å². The first-order valence-corrected chi connectivity index (χ1v) is 11.4. The molecule has 1 aliphatic rings. The Bertz CT molecular complexity index is 1150. The highest BCUT2D eigenvalue weighted by atomic mass is 16.2. The van der Waals surface area contributed by atoms with Crippen molar-refractivity contribution in [2.75, 3.05) is 30.4 Å². The number of nitrogens with zero attached hydrogens (tertiary/aromatic N) is 2. The Kier molecular flexibility index (Phi) is 6.50. The average molecular weight is 442 g/mol. The number of carbonyl (C=O) groups is 2. The van der Waals surface area contributed by atoms with E-state index >= 15 is 0 Å². The third-order valence-corrected chi connectivity index (χ3v) is 6.69. The lowest BCUT2D eigenvalue weighted by Crippen LogP contribution is -2.37. The van der Waals surface area contributed by atoms with E-state index < -0.39 is 0 Å². The first-order valence-electron chi connectivity index (χ1n) is 11.4. The van der Waals surface area contributed by atoms with Gasteiger partial charge in [0.25, 0.3) is 5.91 Å². The van der Waals surface area contributed by atoms with Crippen LogP contribution in [0, 0.1) is 13.8 Å². The largest absolute Gasteiger partial charge is 0.369 e. The number of benzene rings is 3. The van der Waals surface area contributed by atoms with Gasteiger partial charge in [-0.3, -0.25) is 9.59 Å². The van der Waals surface area contributed by atoms with Crippen LogP contribution in [0.1, 0.15) is 34.8 Å². The highest BCUT2D eigenvalue weighted by molar-refractivity contribution is 6.04. The lowest BCUT2D eigenvalue weighted by molar-refractivity contribution is -0.129. The summed E-state index contributed by atoms with van der Waals surface area (Å²) in [4.78, 5) is 28.4. The van der Waals surface area contributed by atoms with Crippen molar-refractivity contribution in [2.45, 2.75) is 33.2 Å². The molecule has 170 valence electrons. The summed E-state index contributed by atoms with van der Waals surface area (Å²) in [5.41, 5.74) is 7.27. The molecule has 1 aliphatic heterocycles. The predicted molar refractivity (Wildman–Crippen MR) is 135 cm³/mol. The van der Waals surface area contributed by atoms with Crippen molar-refractivity contribution in [2.24, 2.45) is 0 Å². The minimum atomic E-state index is -0.126. The van der Waals surface area contributed by atoms with Gasteiger partial charge in [-0.2, -0.15) is 0 Å². The first-order chi connectivity index (χ1) is 15.8. The van der Waals surface area contributed by atoms with Gasteiger partial charge in [-0.1, -0.05) is 30.3 Å². The number of likely N-dealkylation sites (N-methyl/N-ethyl adjacent to an activating group) is 1. The van der Waals surface area contributed by atoms with E-state index in [9.17, 15) is 9.59 Å². The van der Waals surface area contributed by atoms with Gasteiger partial charge in [0, 0.05) is 44.0 Å². The van der Waals surface area contributed by atoms with Gasteiger partial charge < -0.3 is 15.1 Å². The van der Waals surface area contributed by atoms with E-state index in [4.69, 9.17) is 0 Å². The van der Waals surface area contributed by atoms with Crippen molar-refractivity contribution in [1.29, 1.82) is 0 Å². The molecule has 33 heavy (non-hydrogen) atoms. The van der Waals surface area contributed by atoms with Crippen LogP contribution in [-0.2, 0) is 4.79 Å². The summed E-state index contributed by atoms with van der Waals surface area (Å²) in [6, 6.07) is 22.3. The van der Waals surface area contributed by atoms with E-state index in [-0.39, 0.29) is 17.9 Å². The zero-order valence-electron chi connectivity index (χ0n) is 19.8. The van der Waals surface area contributed by atoms with Crippen molar-refractivity contribution in [3.8, 4) is 11.1 Å². The molecule has 1 atom stereocenters. The molecule has 2 amide bonds. The minimum absolute atomic E-state index is 0.0990. The van der Waals surface area contributed by atoms with Crippen LogP contribution >= 0.6 is 0 Å². The second-order valence-electron chi connectivity index (χ2n) is 8.90. The van der Waals surface area contributed by atoms with Crippen LogP contribution in [0.25, 0.3) is 11.1 Å². The number of hydrogen-bond acceptors (Lipinski definition) is 3. The molecule has 1 unspecified atom stereocenters. The lowest BCUT2D eigenvalue weighted by Gasteiger charge is -2.24. The third-order valence-electron chi connectivity index (χ3n) is 6.69. The van der Waals surface area contributed by atoms with Gasteiger partial charge >= 0.3 is 0 Å². The molecule has 3 aromatic carbocycles. The number of amides is 2. The fourth-order valence-corrected chi connectivity index (χ4v) is 4.24. The summed E-state index contributed by atoms with van der Waals surface area (Å²) in [6.45, 7) is 7.57. The summed E-state index contributed by atoms with van der Waals surface area (Å²) in [5, 5.41) is 2.98. The molecule has 0 saturated carbocycles. The van der Waals surface area contributed by atoms with E-state index in [1.807, 2.05) is 60.5 Å². The average Bonchev–Trinajstić information content (AvgIpc) is 3.31. The van der Waals surface area contributed by atoms with Crippen LogP contribution in [0.4, 0.5) is 11.4 Å². The molecule has 1 saturated heterocycles. The van der Waals surface area contributed by atoms with Gasteiger partial charge in [-0.25, -0.2) is 0 Å². The zero-order chi connectivity index (χ0) is 23.5. The quantitative estimate of drug-likeness (QED) is 0.586. The van der Waals surface area contributed by atoms with Crippen molar-refractivity contribution in [1.82, 2.24) is 4.90 Å². The van der Waals surface area contributed by atoms with Crippen LogP contribution in [0.5, 0.6) is 0 Å². The smallest absolute Gasteiger partial charge is 0.255 e. The zero-order valence-corrected chi connectivity index (χ0v) is 19.8. The summed E-state index contributed by atoms with van der Waals surface area (Å²) in [7, 11) is 1.86. The van der Waals surface area contributed by atoms with Crippen LogP contribution in [0.3, 0.4) is 0 Å². The maximum absolute atomic E-state index is 12.7. The number of carbonyl (C=O) groups excluding carboxylic acids is 2. The van der Waals surface area contributed by atoms with E-state index in [0.717, 1.165) is 42.0 Å². The van der Waals surface area contributed by atoms with Gasteiger partial charge in [0.2, 0.25) is 5.91 Å². The molecule has 5 nitrogen and oxygen atoms in total. The molecule has 3 aromatic rings. The molecule has 1 N–H and O–H groups in total. The third kappa shape index (κ3) is 5.08. The Balaban J connectivity index is 1.38. The number of aryl methyl sites for hydroxylation is 2. The number of nitrogens with one attached hydrogen (secondary N) is 1. The summed E-state index contributed by atoms with van der Waals surface area (Å²) in [5.74, 6) is -0.0272. The molecule has 1 heterocycles. The van der Waals surface area contributed by atoms with Crippen LogP contribution in [-0.4, -0.2) is 42.9 Å². The maximum Gasteiger partial charge on any atom is 0.255 e. The van der Waals surface area contributed by atoms with Gasteiger partial charge in [0.05, 0.1) is 6.04 Å². The number of anilines is 2. The van der Waals surface area contributed by atoms with E-state index in [2.05, 4.69) is 42.3 Å². The molecular formula is C28H31N3O2. The van der Waals surface area contributed by atoms with Crippen molar-refractivity contribution in [3.63, 3.8) is 0 Å². The van der Waals surface area contributed by atoms with Gasteiger partial charge in [-0.05, 0) is 78.9 Å². The molecule has 5 heteroatoms. The maximum atomic E-state index is 12.7. The Morgan fingerprint density at radius 2 is 1.58 bits per heavy atom. The Labute approximate surface area is 196 Å². The number of rotatable bonds is 5. The highest BCUT2D eigenvalue weighted by Crippen LogP contribution is 2.25. The second kappa shape index (κ2) is 9.49. The SMILES string of the molecule is CC(=O)N(C)C1CCN(c2ccc(NC(=O)c3ccc(-c4ccc(C)c(C)c4)cc3)cc2)C1. The van der Waals surface area contributed by atoms with Gasteiger partial charge in [0.1, 0.15) is 0 Å². The fraction of sp³-hybridized carbons (Fsp3) is 0.286. The van der Waals surface area contributed by atoms with Gasteiger partial charge in [-0.15, -0.1) is 0 Å². The van der Waals surface area contributed by atoms with Gasteiger partial charge in [0.15, 0.2) is 0 Å². The normalized spacial score (nSPS) is 15.4. The molecule has 0 bridgehead atoms. The van der Waals surface area contributed by atoms with Crippen LogP contribution < -0.4 is 10.2 Å². The summed E-state index contributed by atoms with van der Waals surface area (Å²) in [6.07, 6.45) is 0.965. The standard InChI is InChI=1S/C28H31N3O2/c1-19-5-6-24(17-20(19)2)22-7-9-23(10-8-22)28(33)29-25-11-13-26(14-12-25)31-16-15-27(18-31)30(4)21(3)32/h5-14,17,27H,15-16,18H2,1-4H3,(H,29,33). The predicted octanol–water partition coefficient (Wildman–Crippen LogP) is 5.28. The lowest BCUT2D eigenvalue weighted by atomic mass is 9.99. The van der Waals surface area contributed by atoms with E-state index in [1.54, 1.807) is 6.92 Å². The van der Waals surface area contributed by atoms with Crippen molar-refractivity contribution < 1.29 is 9.59 Å². The van der Waals surface area contributed by atoms with E-state index in [1.165, 1.54) is 11.1 Å². The van der Waals surface area contributed by atoms with Crippen LogP contribution in [0.2, 0.25) is 0 Å². The molecule has 1 fully saturated rings. The highest BCUT2D eigenvalue weighted by Gasteiger charge is 2.27. The molecule has 0 aromatic heterocycles. The van der Waals surface area contributed by atoms with E-state index in [0.29, 0.717) is 5.56 Å². The fourth-order valence-electron chi connectivity index (χ4n) is 4.24. The summed E-state index contributed by atoms with van der Waals surface area (Å²) >= 11 is 0. The van der Waals surface area contributed by atoms with Crippen LogP contribution in [0.15, 0.2) is 66.7 Å². The molecule has 0 spiro atoms. The second-order valence-corrected chi connectivity index (χ2v) is 8.90. The monoisotopic (exact) mass is 441 g/mol. The summed E-state index contributed by atoms with van der Waals surface area (Å²) < 4.78 is 0. The Hall–Kier alpha value is -3.60. The first kappa shape index (κ1) is 22.6. The molecule has 4 rings (SSSR count). The molecule has 0 radical (unpaired) electrons.